The molecule has 3 aliphatic heterocycles. The van der Waals surface area contributed by atoms with Crippen molar-refractivity contribution in [3.05, 3.63) is 40.8 Å². The quantitative estimate of drug-likeness (QED) is 0.707. The van der Waals surface area contributed by atoms with Crippen LogP contribution in [0.2, 0.25) is 0 Å². The Balaban J connectivity index is 1.93. The Bertz CT molecular complexity index is 792. The number of rotatable bonds is 1. The van der Waals surface area contributed by atoms with Gasteiger partial charge in [0.05, 0.1) is 11.5 Å². The van der Waals surface area contributed by atoms with E-state index >= 15 is 0 Å². The number of anilines is 1. The summed E-state index contributed by atoms with van der Waals surface area (Å²) < 4.78 is 4.59. The third-order valence-corrected chi connectivity index (χ3v) is 10.6. The first-order valence-electron chi connectivity index (χ1n) is 8.60. The van der Waals surface area contributed by atoms with Gasteiger partial charge in [0.25, 0.3) is 0 Å². The predicted molar refractivity (Wildman–Crippen MR) is 106 cm³/mol. The van der Waals surface area contributed by atoms with E-state index in [-0.39, 0.29) is 5.41 Å². The Labute approximate surface area is 149 Å². The lowest BCUT2D eigenvalue weighted by Crippen LogP contribution is -2.29. The second kappa shape index (κ2) is 5.42. The van der Waals surface area contributed by atoms with Crippen molar-refractivity contribution < 1.29 is 0 Å². The van der Waals surface area contributed by atoms with Gasteiger partial charge in [-0.1, -0.05) is 43.9 Å². The van der Waals surface area contributed by atoms with Crippen molar-refractivity contribution in [3.8, 4) is 0 Å². The zero-order chi connectivity index (χ0) is 17.1. The fourth-order valence-corrected chi connectivity index (χ4v) is 8.32. The predicted octanol–water partition coefficient (Wildman–Crippen LogP) is 3.96. The summed E-state index contributed by atoms with van der Waals surface area (Å²) in [6.07, 6.45) is 2.53. The summed E-state index contributed by atoms with van der Waals surface area (Å²) in [4.78, 5) is 2.34. The van der Waals surface area contributed by atoms with E-state index in [2.05, 4.69) is 71.7 Å². The van der Waals surface area contributed by atoms with E-state index in [0.717, 1.165) is 13.1 Å². The topological polar surface area (TPSA) is 22.1 Å². The van der Waals surface area contributed by atoms with Crippen LogP contribution in [-0.4, -0.2) is 42.8 Å². The van der Waals surface area contributed by atoms with E-state index in [1.165, 1.54) is 35.1 Å². The smallest absolute Gasteiger partial charge is 0.148 e. The molecule has 0 unspecified atom stereocenters. The van der Waals surface area contributed by atoms with Crippen molar-refractivity contribution in [3.63, 3.8) is 0 Å². The van der Waals surface area contributed by atoms with Crippen LogP contribution in [0.15, 0.2) is 40.4 Å². The molecule has 0 radical (unpaired) electrons. The number of benzene rings is 1. The molecule has 1 atom stereocenters. The average Bonchev–Trinajstić information content (AvgIpc) is 3.23. The normalized spacial score (nSPS) is 32.0. The standard InChI is InChI=1S/C18H25N4PS/c1-18(2)14-9-5-6-10-15(14)20(3)17(18)16-13-19-21(4)23(16,24)22-11-7-8-12-22/h5-6,9-10,13H,7-8,11-12H2,1-4H3/b17-16+/t23-/m0/s1. The van der Waals surface area contributed by atoms with Gasteiger partial charge in [0.15, 0.2) is 0 Å². The van der Waals surface area contributed by atoms with Gasteiger partial charge in [-0.3, -0.25) is 9.45 Å². The molecule has 1 saturated heterocycles. The van der Waals surface area contributed by atoms with Gasteiger partial charge in [-0.25, -0.2) is 0 Å². The maximum Gasteiger partial charge on any atom is 0.148 e. The maximum atomic E-state index is 6.33. The number of hydrogen-bond donors (Lipinski definition) is 0. The van der Waals surface area contributed by atoms with Crippen molar-refractivity contribution >= 4 is 30.0 Å². The molecule has 1 aromatic carbocycles. The summed E-state index contributed by atoms with van der Waals surface area (Å²) in [5.41, 5.74) is 3.94. The third kappa shape index (κ3) is 2.01. The molecule has 4 rings (SSSR count). The second-order valence-electron chi connectivity index (χ2n) is 7.37. The van der Waals surface area contributed by atoms with E-state index in [1.54, 1.807) is 0 Å². The lowest BCUT2D eigenvalue weighted by Gasteiger charge is -2.37. The first-order chi connectivity index (χ1) is 11.4. The summed E-state index contributed by atoms with van der Waals surface area (Å²) in [6.45, 7) is 6.82. The number of likely N-dealkylation sites (N-methyl/N-ethyl adjacent to an activating group) is 1. The molecule has 0 bridgehead atoms. The fraction of sp³-hybridized carbons (Fsp3) is 0.500. The van der Waals surface area contributed by atoms with Crippen molar-refractivity contribution in [2.24, 2.45) is 5.10 Å². The summed E-state index contributed by atoms with van der Waals surface area (Å²) >= 11 is 6.33. The number of hydrazone groups is 1. The Kier molecular flexibility index (Phi) is 3.68. The van der Waals surface area contributed by atoms with Gasteiger partial charge in [0, 0.05) is 44.0 Å². The van der Waals surface area contributed by atoms with Crippen LogP contribution in [0.25, 0.3) is 0 Å². The molecular formula is C18H25N4PS. The molecular weight excluding hydrogens is 335 g/mol. The molecule has 0 saturated carbocycles. The molecule has 1 aromatic rings. The van der Waals surface area contributed by atoms with Crippen molar-refractivity contribution in [1.82, 2.24) is 9.45 Å². The zero-order valence-electron chi connectivity index (χ0n) is 14.9. The fourth-order valence-electron chi connectivity index (χ4n) is 4.40. The summed E-state index contributed by atoms with van der Waals surface area (Å²) in [6, 6.07) is 8.70. The Morgan fingerprint density at radius 3 is 2.46 bits per heavy atom. The summed E-state index contributed by atoms with van der Waals surface area (Å²) in [7, 11) is 4.23. The lowest BCUT2D eigenvalue weighted by molar-refractivity contribution is 0.496. The second-order valence-corrected chi connectivity index (χ2v) is 11.6. The largest absolute Gasteiger partial charge is 0.346 e. The molecule has 1 fully saturated rings. The highest BCUT2D eigenvalue weighted by molar-refractivity contribution is 8.14. The van der Waals surface area contributed by atoms with Gasteiger partial charge in [-0.05, 0) is 24.5 Å². The highest BCUT2D eigenvalue weighted by Crippen LogP contribution is 2.66. The molecule has 6 heteroatoms. The van der Waals surface area contributed by atoms with E-state index in [9.17, 15) is 0 Å². The van der Waals surface area contributed by atoms with Gasteiger partial charge in [-0.2, -0.15) is 5.10 Å². The van der Waals surface area contributed by atoms with Crippen LogP contribution >= 0.6 is 6.34 Å². The van der Waals surface area contributed by atoms with Crippen LogP contribution in [0.1, 0.15) is 32.3 Å². The third-order valence-electron chi connectivity index (χ3n) is 5.63. The molecule has 0 aromatic heterocycles. The van der Waals surface area contributed by atoms with Crippen molar-refractivity contribution in [1.29, 1.82) is 0 Å². The SMILES string of the molecule is CN1/C(=C2\C=NN(C)[P@]2(=S)N2CCCC2)C(C)(C)c2ccccc21. The van der Waals surface area contributed by atoms with E-state index < -0.39 is 6.34 Å². The molecule has 3 heterocycles. The first-order valence-corrected chi connectivity index (χ1v) is 11.3. The number of nitrogens with zero attached hydrogens (tertiary/aromatic N) is 4. The minimum atomic E-state index is -2.00. The highest BCUT2D eigenvalue weighted by Gasteiger charge is 2.47. The van der Waals surface area contributed by atoms with Crippen LogP contribution in [0.5, 0.6) is 0 Å². The Morgan fingerprint density at radius 2 is 1.79 bits per heavy atom. The monoisotopic (exact) mass is 360 g/mol. The van der Waals surface area contributed by atoms with Gasteiger partial charge < -0.3 is 4.90 Å². The van der Waals surface area contributed by atoms with Crippen molar-refractivity contribution in [2.45, 2.75) is 32.1 Å². The Morgan fingerprint density at radius 1 is 1.12 bits per heavy atom. The molecule has 0 amide bonds. The molecule has 3 aliphatic rings. The number of allylic oxidation sites excluding steroid dienone is 2. The Hall–Kier alpha value is -1.16. The highest BCUT2D eigenvalue weighted by atomic mass is 32.4. The van der Waals surface area contributed by atoms with Gasteiger partial charge in [-0.15, -0.1) is 0 Å². The zero-order valence-corrected chi connectivity index (χ0v) is 16.6. The van der Waals surface area contributed by atoms with Crippen molar-refractivity contribution in [2.75, 3.05) is 32.1 Å². The van der Waals surface area contributed by atoms with E-state index in [0.29, 0.717) is 0 Å². The molecule has 128 valence electrons. The first kappa shape index (κ1) is 16.3. The molecule has 0 aliphatic carbocycles. The molecule has 0 spiro atoms. The van der Waals surface area contributed by atoms with Crippen LogP contribution in [-0.2, 0) is 17.2 Å². The average molecular weight is 360 g/mol. The van der Waals surface area contributed by atoms with Crippen LogP contribution < -0.4 is 4.90 Å². The van der Waals surface area contributed by atoms with Gasteiger partial charge in [0.1, 0.15) is 6.34 Å². The van der Waals surface area contributed by atoms with Crippen LogP contribution in [0.4, 0.5) is 5.69 Å². The number of para-hydroxylation sites is 1. The maximum absolute atomic E-state index is 6.33. The number of fused-ring (bicyclic) bond motifs is 1. The lowest BCUT2D eigenvalue weighted by atomic mass is 9.84. The number of hydrogen-bond acceptors (Lipinski definition) is 3. The summed E-state index contributed by atoms with van der Waals surface area (Å²) in [5, 5.41) is 5.92. The molecule has 24 heavy (non-hydrogen) atoms. The van der Waals surface area contributed by atoms with E-state index in [4.69, 9.17) is 11.8 Å². The minimum absolute atomic E-state index is 0.0539. The van der Waals surface area contributed by atoms with Gasteiger partial charge in [0.2, 0.25) is 0 Å². The van der Waals surface area contributed by atoms with Crippen LogP contribution in [0, 0.1) is 0 Å². The summed E-state index contributed by atoms with van der Waals surface area (Å²) in [5.74, 6) is 0. The molecule has 0 N–H and O–H groups in total. The van der Waals surface area contributed by atoms with Crippen LogP contribution in [0.3, 0.4) is 0 Å². The van der Waals surface area contributed by atoms with E-state index in [1.807, 2.05) is 6.21 Å². The minimum Gasteiger partial charge on any atom is -0.346 e. The van der Waals surface area contributed by atoms with Gasteiger partial charge >= 0.3 is 0 Å². The molecule has 4 nitrogen and oxygen atoms in total.